The second kappa shape index (κ2) is 12.7. The normalized spacial score (nSPS) is 15.8. The molecule has 3 amide bonds. The molecule has 11 nitrogen and oxygen atoms in total. The Labute approximate surface area is 265 Å². The van der Waals surface area contributed by atoms with Crippen molar-refractivity contribution in [1.29, 1.82) is 0 Å². The highest BCUT2D eigenvalue weighted by Gasteiger charge is 2.40. The first-order chi connectivity index (χ1) is 22.2. The zero-order valence-electron chi connectivity index (χ0n) is 23.8. The second-order valence-electron chi connectivity index (χ2n) is 10.3. The van der Waals surface area contributed by atoms with Crippen LogP contribution in [0.15, 0.2) is 73.2 Å². The van der Waals surface area contributed by atoms with Crippen LogP contribution in [0.3, 0.4) is 0 Å². The van der Waals surface area contributed by atoms with Crippen molar-refractivity contribution >= 4 is 45.9 Å². The Hall–Kier alpha value is -5.74. The molecular weight excluding hydrogens is 618 g/mol. The quantitative estimate of drug-likeness (QED) is 0.269. The molecule has 1 saturated heterocycles. The van der Waals surface area contributed by atoms with Gasteiger partial charge in [-0.3, -0.25) is 24.0 Å². The van der Waals surface area contributed by atoms with Gasteiger partial charge in [-0.25, -0.2) is 18.7 Å². The first-order valence-corrected chi connectivity index (χ1v) is 14.3. The van der Waals surface area contributed by atoms with Crippen LogP contribution in [0.25, 0.3) is 22.2 Å². The van der Waals surface area contributed by atoms with Crippen molar-refractivity contribution in [2.24, 2.45) is 5.73 Å². The number of alkyl halides is 1. The predicted molar refractivity (Wildman–Crippen MR) is 165 cm³/mol. The molecule has 3 N–H and O–H groups in total. The molecule has 0 bridgehead atoms. The number of nitrogens with two attached hydrogens (primary N) is 1. The third-order valence-corrected chi connectivity index (χ3v) is 7.60. The standard InChI is InChI=1S/C32H23ClF2N8O3/c33-22-5-2-11-39-29(22)20-4-1-6-23(28(20)35)40-32(46)25-15-19(34)16-42(25)27(44)17-43-24-9-7-18(8-10-26-37-12-3-13-38-26)14-21(24)30(41-43)31(36)45/h1-7,9,11-14,19,25H,15-17H2,(H2,36,45)(H,40,46). The van der Waals surface area contributed by atoms with Crippen LogP contribution in [0.4, 0.5) is 14.5 Å². The second-order valence-corrected chi connectivity index (χ2v) is 10.7. The number of halogens is 3. The first-order valence-electron chi connectivity index (χ1n) is 13.9. The number of nitrogens with one attached hydrogen (secondary N) is 1. The third-order valence-electron chi connectivity index (χ3n) is 7.30. The van der Waals surface area contributed by atoms with Crippen molar-refractivity contribution in [3.8, 4) is 23.1 Å². The predicted octanol–water partition coefficient (Wildman–Crippen LogP) is 3.76. The summed E-state index contributed by atoms with van der Waals surface area (Å²) in [5, 5.41) is 7.28. The highest BCUT2D eigenvalue weighted by molar-refractivity contribution is 6.33. The summed E-state index contributed by atoms with van der Waals surface area (Å²) >= 11 is 6.18. The fourth-order valence-corrected chi connectivity index (χ4v) is 5.41. The number of fused-ring (bicyclic) bond motifs is 1. The minimum atomic E-state index is -1.49. The van der Waals surface area contributed by atoms with Gasteiger partial charge in [0, 0.05) is 41.5 Å². The van der Waals surface area contributed by atoms with Crippen LogP contribution in [0.1, 0.15) is 28.3 Å². The van der Waals surface area contributed by atoms with E-state index in [-0.39, 0.29) is 40.6 Å². The van der Waals surface area contributed by atoms with Crippen molar-refractivity contribution in [1.82, 2.24) is 29.6 Å². The number of hydrogen-bond acceptors (Lipinski definition) is 7. The average molecular weight is 641 g/mol. The summed E-state index contributed by atoms with van der Waals surface area (Å²) in [4.78, 5) is 52.3. The molecule has 2 unspecified atom stereocenters. The first kappa shape index (κ1) is 30.3. The molecule has 2 aromatic carbocycles. The maximum absolute atomic E-state index is 15.5. The van der Waals surface area contributed by atoms with E-state index in [1.807, 2.05) is 0 Å². The summed E-state index contributed by atoms with van der Waals surface area (Å²) in [7, 11) is 0. The molecule has 5 aromatic rings. The maximum atomic E-state index is 15.5. The van der Waals surface area contributed by atoms with E-state index in [9.17, 15) is 18.8 Å². The number of likely N-dealkylation sites (tertiary alicyclic amines) is 1. The van der Waals surface area contributed by atoms with Crippen molar-refractivity contribution in [2.75, 3.05) is 11.9 Å². The number of anilines is 1. The number of benzene rings is 2. The van der Waals surface area contributed by atoms with E-state index >= 15 is 4.39 Å². The fourth-order valence-electron chi connectivity index (χ4n) is 5.19. The number of rotatable bonds is 6. The molecule has 14 heteroatoms. The number of amides is 3. The van der Waals surface area contributed by atoms with Gasteiger partial charge in [0.15, 0.2) is 11.5 Å². The largest absolute Gasteiger partial charge is 0.364 e. The van der Waals surface area contributed by atoms with Crippen molar-refractivity contribution in [3.63, 3.8) is 0 Å². The van der Waals surface area contributed by atoms with E-state index in [0.29, 0.717) is 22.3 Å². The van der Waals surface area contributed by atoms with E-state index in [1.165, 1.54) is 29.1 Å². The molecule has 230 valence electrons. The SMILES string of the molecule is NC(=O)c1nn(CC(=O)N2CC(F)CC2C(=O)Nc2cccc(-c3ncccc3Cl)c2F)c2ccc(C#Cc3ncccn3)cc12. The molecule has 1 aliphatic rings. The molecule has 0 aliphatic carbocycles. The van der Waals surface area contributed by atoms with Gasteiger partial charge in [-0.15, -0.1) is 0 Å². The molecule has 1 aliphatic heterocycles. The van der Waals surface area contributed by atoms with Crippen molar-refractivity contribution in [2.45, 2.75) is 25.2 Å². The molecule has 0 saturated carbocycles. The lowest BCUT2D eigenvalue weighted by Gasteiger charge is -2.24. The summed E-state index contributed by atoms with van der Waals surface area (Å²) in [6.45, 7) is -0.780. The van der Waals surface area contributed by atoms with Gasteiger partial charge in [-0.1, -0.05) is 23.6 Å². The zero-order valence-corrected chi connectivity index (χ0v) is 24.6. The Balaban J connectivity index is 1.23. The number of carbonyl (C=O) groups excluding carboxylic acids is 3. The number of hydrogen-bond donors (Lipinski definition) is 2. The van der Waals surface area contributed by atoms with Gasteiger partial charge in [0.05, 0.1) is 28.5 Å². The minimum absolute atomic E-state index is 0.0597. The molecule has 3 aromatic heterocycles. The van der Waals surface area contributed by atoms with E-state index < -0.39 is 42.3 Å². The molecular formula is C32H23ClF2N8O3. The van der Waals surface area contributed by atoms with Crippen LogP contribution in [0.2, 0.25) is 5.02 Å². The number of nitrogens with zero attached hydrogens (tertiary/aromatic N) is 6. The number of pyridine rings is 1. The molecule has 0 radical (unpaired) electrons. The van der Waals surface area contributed by atoms with Gasteiger partial charge < -0.3 is 16.0 Å². The third kappa shape index (κ3) is 6.11. The molecule has 4 heterocycles. The Morgan fingerprint density at radius 3 is 2.57 bits per heavy atom. The van der Waals surface area contributed by atoms with Gasteiger partial charge in [0.2, 0.25) is 17.6 Å². The van der Waals surface area contributed by atoms with E-state index in [1.54, 1.807) is 48.8 Å². The van der Waals surface area contributed by atoms with Crippen molar-refractivity contribution < 1.29 is 23.2 Å². The van der Waals surface area contributed by atoms with Crippen LogP contribution in [-0.4, -0.2) is 66.1 Å². The number of primary amides is 1. The number of carbonyl (C=O) groups is 3. The number of aromatic nitrogens is 5. The van der Waals surface area contributed by atoms with Crippen LogP contribution < -0.4 is 11.1 Å². The van der Waals surface area contributed by atoms with Gasteiger partial charge >= 0.3 is 0 Å². The van der Waals surface area contributed by atoms with Crippen molar-refractivity contribution in [3.05, 3.63) is 101 Å². The lowest BCUT2D eigenvalue weighted by Crippen LogP contribution is -2.44. The van der Waals surface area contributed by atoms with Gasteiger partial charge in [-0.05, 0) is 54.5 Å². The molecule has 6 rings (SSSR count). The summed E-state index contributed by atoms with van der Waals surface area (Å²) in [6.07, 6.45) is 2.79. The highest BCUT2D eigenvalue weighted by atomic mass is 35.5. The monoisotopic (exact) mass is 640 g/mol. The average Bonchev–Trinajstić information content (AvgIpc) is 3.62. The molecule has 1 fully saturated rings. The van der Waals surface area contributed by atoms with E-state index in [4.69, 9.17) is 17.3 Å². The minimum Gasteiger partial charge on any atom is -0.364 e. The van der Waals surface area contributed by atoms with Gasteiger partial charge in [-0.2, -0.15) is 5.10 Å². The highest BCUT2D eigenvalue weighted by Crippen LogP contribution is 2.32. The van der Waals surface area contributed by atoms with E-state index in [2.05, 4.69) is 37.2 Å². The topological polar surface area (TPSA) is 149 Å². The van der Waals surface area contributed by atoms with Crippen LogP contribution in [0.5, 0.6) is 0 Å². The van der Waals surface area contributed by atoms with Gasteiger partial charge in [0.25, 0.3) is 5.91 Å². The smallest absolute Gasteiger partial charge is 0.269 e. The van der Waals surface area contributed by atoms with Gasteiger partial charge in [0.1, 0.15) is 18.8 Å². The lowest BCUT2D eigenvalue weighted by molar-refractivity contribution is -0.137. The molecule has 2 atom stereocenters. The maximum Gasteiger partial charge on any atom is 0.269 e. The Morgan fingerprint density at radius 2 is 1.80 bits per heavy atom. The van der Waals surface area contributed by atoms with Crippen LogP contribution >= 0.6 is 11.6 Å². The lowest BCUT2D eigenvalue weighted by atomic mass is 10.1. The van der Waals surface area contributed by atoms with Crippen LogP contribution in [-0.2, 0) is 16.1 Å². The summed E-state index contributed by atoms with van der Waals surface area (Å²) in [5.74, 6) is 3.02. The molecule has 0 spiro atoms. The summed E-state index contributed by atoms with van der Waals surface area (Å²) in [5.41, 5.74) is 6.46. The summed E-state index contributed by atoms with van der Waals surface area (Å²) in [6, 6.07) is 12.8. The Kier molecular flexibility index (Phi) is 8.37. The zero-order chi connectivity index (χ0) is 32.4. The Morgan fingerprint density at radius 1 is 1.02 bits per heavy atom. The fraction of sp³-hybridized carbons (Fsp3) is 0.156. The van der Waals surface area contributed by atoms with Crippen LogP contribution in [0, 0.1) is 17.7 Å². The molecule has 46 heavy (non-hydrogen) atoms. The van der Waals surface area contributed by atoms with E-state index in [0.717, 1.165) is 4.90 Å². The summed E-state index contributed by atoms with van der Waals surface area (Å²) < 4.78 is 31.4. The Bertz CT molecular complexity index is 2060.